The van der Waals surface area contributed by atoms with Crippen LogP contribution in [0.4, 0.5) is 0 Å². The Balaban J connectivity index is 5.37. The smallest absolute Gasteiger partial charge is 0.306 e. The number of hydrogen-bond acceptors (Lipinski definition) is 7. The van der Waals surface area contributed by atoms with Crippen LogP contribution in [0.2, 0.25) is 0 Å². The molecule has 0 fully saturated rings. The van der Waals surface area contributed by atoms with Gasteiger partial charge in [-0.2, -0.15) is 0 Å². The van der Waals surface area contributed by atoms with Gasteiger partial charge < -0.3 is 28.5 Å². The topological polar surface area (TPSA) is 114 Å². The Morgan fingerprint density at radius 1 is 0.493 bits per heavy atom. The molecule has 1 amide bonds. The van der Waals surface area contributed by atoms with E-state index in [1.165, 1.54) is 109 Å². The molecule has 9 nitrogen and oxygen atoms in total. The first-order chi connectivity index (χ1) is 34.4. The van der Waals surface area contributed by atoms with Gasteiger partial charge in [0.05, 0.1) is 33.8 Å². The first-order valence-electron chi connectivity index (χ1n) is 28.9. The number of quaternary nitrogens is 1. The van der Waals surface area contributed by atoms with Crippen molar-refractivity contribution in [3.8, 4) is 0 Å². The van der Waals surface area contributed by atoms with Crippen molar-refractivity contribution in [3.05, 3.63) is 85.1 Å². The van der Waals surface area contributed by atoms with E-state index in [9.17, 15) is 19.0 Å². The van der Waals surface area contributed by atoms with E-state index in [-0.39, 0.29) is 25.4 Å². The first-order valence-corrected chi connectivity index (χ1v) is 30.4. The molecule has 3 unspecified atom stereocenters. The Hall–Kier alpha value is -2.81. The fourth-order valence-electron chi connectivity index (χ4n) is 7.79. The van der Waals surface area contributed by atoms with E-state index in [1.54, 1.807) is 6.08 Å². The minimum absolute atomic E-state index is 0.0373. The minimum Gasteiger partial charge on any atom is -0.756 e. The normalized spacial score (nSPS) is 14.4. The van der Waals surface area contributed by atoms with Crippen molar-refractivity contribution in [2.24, 2.45) is 0 Å². The summed E-state index contributed by atoms with van der Waals surface area (Å²) >= 11 is 0. The molecule has 0 aromatic carbocycles. The summed E-state index contributed by atoms with van der Waals surface area (Å²) in [5.74, 6) is -0.645. The SMILES string of the molecule is CCCCC/C=C\C/C=C\C/C=C\C/C=C\CCCCCCCC(=O)NC(COP(=O)([O-])OCC[N+](C)(C)C)C(/C=C\CCCCCCCCCCC)OC(=O)CC/C=C/C/C=C\CCCCCCCC. The predicted molar refractivity (Wildman–Crippen MR) is 302 cm³/mol. The number of hydrogen-bond donors (Lipinski definition) is 1. The van der Waals surface area contributed by atoms with Crippen LogP contribution in [-0.4, -0.2) is 69.4 Å². The van der Waals surface area contributed by atoms with Crippen molar-refractivity contribution in [2.45, 2.75) is 251 Å². The van der Waals surface area contributed by atoms with E-state index >= 15 is 0 Å². The molecule has 0 bridgehead atoms. The highest BCUT2D eigenvalue weighted by Gasteiger charge is 2.27. The summed E-state index contributed by atoms with van der Waals surface area (Å²) in [6.45, 7) is 6.73. The molecule has 0 spiro atoms. The van der Waals surface area contributed by atoms with Gasteiger partial charge in [0.25, 0.3) is 7.82 Å². The van der Waals surface area contributed by atoms with Gasteiger partial charge in [-0.25, -0.2) is 0 Å². The monoisotopic (exact) mass is 1010 g/mol. The maximum absolute atomic E-state index is 13.5. The van der Waals surface area contributed by atoms with Gasteiger partial charge in [-0.15, -0.1) is 0 Å². The Morgan fingerprint density at radius 3 is 1.34 bits per heavy atom. The van der Waals surface area contributed by atoms with Gasteiger partial charge >= 0.3 is 5.97 Å². The van der Waals surface area contributed by atoms with E-state index in [1.807, 2.05) is 33.3 Å². The highest BCUT2D eigenvalue weighted by molar-refractivity contribution is 7.45. The van der Waals surface area contributed by atoms with Gasteiger partial charge in [0.15, 0.2) is 0 Å². The summed E-state index contributed by atoms with van der Waals surface area (Å²) in [6.07, 6.45) is 65.6. The van der Waals surface area contributed by atoms with E-state index in [2.05, 4.69) is 92.9 Å². The summed E-state index contributed by atoms with van der Waals surface area (Å²) < 4.78 is 30.1. The van der Waals surface area contributed by atoms with Gasteiger partial charge in [0.1, 0.15) is 19.3 Å². The number of nitrogens with one attached hydrogen (secondary N) is 1. The molecule has 1 N–H and O–H groups in total. The average molecular weight is 1010 g/mol. The fraction of sp³-hybridized carbons (Fsp3) is 0.738. The second kappa shape index (κ2) is 50.7. The molecule has 0 saturated carbocycles. The van der Waals surface area contributed by atoms with Crippen molar-refractivity contribution in [2.75, 3.05) is 40.9 Å². The van der Waals surface area contributed by atoms with Crippen LogP contribution in [0.15, 0.2) is 85.1 Å². The zero-order valence-electron chi connectivity index (χ0n) is 46.7. The number of phosphoric acid groups is 1. The zero-order chi connectivity index (χ0) is 52.2. The van der Waals surface area contributed by atoms with Crippen LogP contribution in [0.3, 0.4) is 0 Å². The molecule has 0 saturated heterocycles. The Kier molecular flexibility index (Phi) is 48.7. The molecular formula is C61H109N2O7P. The largest absolute Gasteiger partial charge is 0.756 e. The Morgan fingerprint density at radius 2 is 0.873 bits per heavy atom. The maximum atomic E-state index is 13.5. The Bertz CT molecular complexity index is 1490. The van der Waals surface area contributed by atoms with Crippen LogP contribution < -0.4 is 10.2 Å². The quantitative estimate of drug-likeness (QED) is 0.0212. The van der Waals surface area contributed by atoms with E-state index < -0.39 is 32.5 Å². The number of amides is 1. The van der Waals surface area contributed by atoms with Crippen molar-refractivity contribution in [1.29, 1.82) is 0 Å². The lowest BCUT2D eigenvalue weighted by molar-refractivity contribution is -0.870. The van der Waals surface area contributed by atoms with Gasteiger partial charge in [-0.05, 0) is 96.0 Å². The Labute approximate surface area is 437 Å². The van der Waals surface area contributed by atoms with Crippen LogP contribution in [0, 0.1) is 0 Å². The molecule has 0 aliphatic carbocycles. The molecular weight excluding hydrogens is 904 g/mol. The molecule has 71 heavy (non-hydrogen) atoms. The van der Waals surface area contributed by atoms with Crippen LogP contribution in [0.5, 0.6) is 0 Å². The molecule has 410 valence electrons. The molecule has 0 rings (SSSR count). The molecule has 0 heterocycles. The average Bonchev–Trinajstić information content (AvgIpc) is 3.33. The summed E-state index contributed by atoms with van der Waals surface area (Å²) in [5.41, 5.74) is 0. The van der Waals surface area contributed by atoms with Crippen LogP contribution in [0.25, 0.3) is 0 Å². The highest BCUT2D eigenvalue weighted by atomic mass is 31.2. The van der Waals surface area contributed by atoms with Crippen molar-refractivity contribution < 1.29 is 37.3 Å². The van der Waals surface area contributed by atoms with Crippen LogP contribution >= 0.6 is 7.82 Å². The summed E-state index contributed by atoms with van der Waals surface area (Å²) in [7, 11) is 1.14. The van der Waals surface area contributed by atoms with Crippen molar-refractivity contribution >= 4 is 19.7 Å². The fourth-order valence-corrected chi connectivity index (χ4v) is 8.51. The number of carbonyl (C=O) groups excluding carboxylic acids is 2. The van der Waals surface area contributed by atoms with Gasteiger partial charge in [-0.3, -0.25) is 14.2 Å². The van der Waals surface area contributed by atoms with Gasteiger partial charge in [-0.1, -0.05) is 215 Å². The molecule has 0 aromatic rings. The zero-order valence-corrected chi connectivity index (χ0v) is 47.5. The molecule has 0 aliphatic rings. The van der Waals surface area contributed by atoms with E-state index in [0.29, 0.717) is 23.9 Å². The standard InChI is InChI=1S/C61H109N2O7P/c1-7-10-13-16-19-22-25-27-28-29-30-31-32-33-34-36-38-41-44-47-50-53-60(64)62-58(57-69-71(66,67)68-56-55-63(4,5)6)59(52-49-46-43-40-37-24-21-18-15-12-9-3)70-61(65)54-51-48-45-42-39-35-26-23-20-17-14-11-8-2/h19,22,27-28,30-31,33-35,39,45,48-49,52,58-59H,7-18,20-21,23-26,29,32,36-38,40-44,46-47,50-51,53-57H2,1-6H3,(H-,62,64,66,67)/b22-19-,28-27-,31-30-,34-33-,39-35-,48-45+,52-49-. The molecule has 0 radical (unpaired) electrons. The number of allylic oxidation sites excluding steroid dienone is 13. The third-order valence-corrected chi connectivity index (χ3v) is 13.3. The molecule has 10 heteroatoms. The molecule has 0 aromatic heterocycles. The third-order valence-electron chi connectivity index (χ3n) is 12.3. The lowest BCUT2D eigenvalue weighted by Gasteiger charge is -2.30. The summed E-state index contributed by atoms with van der Waals surface area (Å²) in [5, 5.41) is 2.99. The number of nitrogens with zero attached hydrogens (tertiary/aromatic N) is 1. The molecule has 3 atom stereocenters. The second-order valence-corrected chi connectivity index (χ2v) is 21.8. The second-order valence-electron chi connectivity index (χ2n) is 20.4. The number of carbonyl (C=O) groups is 2. The lowest BCUT2D eigenvalue weighted by atomic mass is 10.1. The number of ether oxygens (including phenoxy) is 1. The van der Waals surface area contributed by atoms with Crippen LogP contribution in [0.1, 0.15) is 239 Å². The number of esters is 1. The van der Waals surface area contributed by atoms with Gasteiger partial charge in [0, 0.05) is 12.8 Å². The number of likely N-dealkylation sites (N-methyl/N-ethyl adjacent to an activating group) is 1. The number of phosphoric ester groups is 1. The van der Waals surface area contributed by atoms with Crippen LogP contribution in [-0.2, 0) is 27.9 Å². The maximum Gasteiger partial charge on any atom is 0.306 e. The first kappa shape index (κ1) is 68.2. The van der Waals surface area contributed by atoms with Crippen molar-refractivity contribution in [3.63, 3.8) is 0 Å². The van der Waals surface area contributed by atoms with Gasteiger partial charge in [0.2, 0.25) is 5.91 Å². The number of unbranched alkanes of at least 4 members (excludes halogenated alkanes) is 23. The highest BCUT2D eigenvalue weighted by Crippen LogP contribution is 2.38. The molecule has 0 aliphatic heterocycles. The minimum atomic E-state index is -4.71. The summed E-state index contributed by atoms with van der Waals surface area (Å²) in [4.78, 5) is 39.8. The van der Waals surface area contributed by atoms with Crippen molar-refractivity contribution in [1.82, 2.24) is 5.32 Å². The lowest BCUT2D eigenvalue weighted by Crippen LogP contribution is -2.47. The third kappa shape index (κ3) is 51.9. The van der Waals surface area contributed by atoms with E-state index in [4.69, 9.17) is 13.8 Å². The summed E-state index contributed by atoms with van der Waals surface area (Å²) in [6, 6.07) is -0.923. The number of rotatable bonds is 51. The van der Waals surface area contributed by atoms with E-state index in [0.717, 1.165) is 83.5 Å². The predicted octanol–water partition coefficient (Wildman–Crippen LogP) is 16.8.